The third-order valence-corrected chi connectivity index (χ3v) is 2.28. The molecule has 112 valence electrons. The number of benzene rings is 1. The SMILES string of the molecule is COc1cc(C=C(NC(C)=O)C(=O)[O-])ccc1OC(C)=O. The Morgan fingerprint density at radius 1 is 1.19 bits per heavy atom. The van der Waals surface area contributed by atoms with Gasteiger partial charge in [-0.15, -0.1) is 0 Å². The molecule has 1 rings (SSSR count). The Morgan fingerprint density at radius 3 is 2.33 bits per heavy atom. The van der Waals surface area contributed by atoms with E-state index in [1.165, 1.54) is 45.2 Å². The first-order chi connectivity index (χ1) is 9.83. The van der Waals surface area contributed by atoms with Crippen LogP contribution < -0.4 is 19.9 Å². The number of carboxylic acids is 1. The molecular formula is C14H14NO6-. The molecule has 0 aliphatic rings. The lowest BCUT2D eigenvalue weighted by Gasteiger charge is -2.11. The predicted octanol–water partition coefficient (Wildman–Crippen LogP) is -0.153. The fourth-order valence-electron chi connectivity index (χ4n) is 1.52. The van der Waals surface area contributed by atoms with Gasteiger partial charge in [0.2, 0.25) is 5.91 Å². The molecule has 0 radical (unpaired) electrons. The monoisotopic (exact) mass is 292 g/mol. The minimum atomic E-state index is -1.52. The van der Waals surface area contributed by atoms with Crippen LogP contribution in [-0.4, -0.2) is 25.0 Å². The van der Waals surface area contributed by atoms with Crippen molar-refractivity contribution in [3.63, 3.8) is 0 Å². The molecule has 0 saturated heterocycles. The fourth-order valence-corrected chi connectivity index (χ4v) is 1.52. The van der Waals surface area contributed by atoms with Crippen LogP contribution in [0.15, 0.2) is 23.9 Å². The van der Waals surface area contributed by atoms with Gasteiger partial charge < -0.3 is 24.7 Å². The maximum absolute atomic E-state index is 10.9. The summed E-state index contributed by atoms with van der Waals surface area (Å²) in [5, 5.41) is 13.1. The maximum Gasteiger partial charge on any atom is 0.308 e. The molecule has 0 heterocycles. The Balaban J connectivity index is 3.15. The van der Waals surface area contributed by atoms with Crippen molar-refractivity contribution in [1.82, 2.24) is 5.32 Å². The van der Waals surface area contributed by atoms with E-state index in [2.05, 4.69) is 5.32 Å². The second-order valence-electron chi connectivity index (χ2n) is 4.03. The molecule has 0 spiro atoms. The molecule has 1 amide bonds. The van der Waals surface area contributed by atoms with Gasteiger partial charge >= 0.3 is 5.97 Å². The zero-order chi connectivity index (χ0) is 16.0. The summed E-state index contributed by atoms with van der Waals surface area (Å²) < 4.78 is 9.98. The van der Waals surface area contributed by atoms with Crippen LogP contribution >= 0.6 is 0 Å². The first kappa shape index (κ1) is 16.2. The molecule has 0 atom stereocenters. The van der Waals surface area contributed by atoms with Crippen LogP contribution in [0.1, 0.15) is 19.4 Å². The largest absolute Gasteiger partial charge is 0.543 e. The summed E-state index contributed by atoms with van der Waals surface area (Å²) in [6.07, 6.45) is 1.21. The zero-order valence-corrected chi connectivity index (χ0v) is 11.8. The number of nitrogens with one attached hydrogen (secondary N) is 1. The molecule has 1 aromatic rings. The minimum absolute atomic E-state index is 0.205. The number of aliphatic carboxylic acids is 1. The highest BCUT2D eigenvalue weighted by atomic mass is 16.6. The van der Waals surface area contributed by atoms with Crippen LogP contribution in [0.2, 0.25) is 0 Å². The molecule has 0 aromatic heterocycles. The van der Waals surface area contributed by atoms with Gasteiger partial charge in [-0.05, 0) is 23.8 Å². The van der Waals surface area contributed by atoms with Crippen molar-refractivity contribution in [2.75, 3.05) is 7.11 Å². The van der Waals surface area contributed by atoms with Gasteiger partial charge in [0.15, 0.2) is 11.5 Å². The third-order valence-electron chi connectivity index (χ3n) is 2.28. The maximum atomic E-state index is 10.9. The predicted molar refractivity (Wildman–Crippen MR) is 71.1 cm³/mol. The molecule has 0 aliphatic heterocycles. The van der Waals surface area contributed by atoms with Crippen molar-refractivity contribution in [3.8, 4) is 11.5 Å². The number of carbonyl (C=O) groups is 3. The lowest BCUT2D eigenvalue weighted by Crippen LogP contribution is -2.34. The molecule has 1 aromatic carbocycles. The van der Waals surface area contributed by atoms with Gasteiger partial charge in [-0.3, -0.25) is 9.59 Å². The van der Waals surface area contributed by atoms with Crippen LogP contribution in [0.3, 0.4) is 0 Å². The number of hydrogen-bond donors (Lipinski definition) is 1. The summed E-state index contributed by atoms with van der Waals surface area (Å²) in [5.41, 5.74) is 0.0421. The third kappa shape index (κ3) is 4.98. The molecule has 1 N–H and O–H groups in total. The summed E-state index contributed by atoms with van der Waals surface area (Å²) in [4.78, 5) is 32.8. The lowest BCUT2D eigenvalue weighted by molar-refractivity contribution is -0.299. The second-order valence-corrected chi connectivity index (χ2v) is 4.03. The van der Waals surface area contributed by atoms with E-state index >= 15 is 0 Å². The highest BCUT2D eigenvalue weighted by Gasteiger charge is 2.08. The van der Waals surface area contributed by atoms with Gasteiger partial charge in [-0.1, -0.05) is 6.07 Å². The van der Waals surface area contributed by atoms with Crippen LogP contribution in [0.4, 0.5) is 0 Å². The van der Waals surface area contributed by atoms with Crippen molar-refractivity contribution in [2.45, 2.75) is 13.8 Å². The summed E-state index contributed by atoms with van der Waals surface area (Å²) in [6.45, 7) is 2.43. The molecule has 0 aliphatic carbocycles. The molecular weight excluding hydrogens is 278 g/mol. The van der Waals surface area contributed by atoms with Gasteiger partial charge in [-0.2, -0.15) is 0 Å². The highest BCUT2D eigenvalue weighted by Crippen LogP contribution is 2.28. The highest BCUT2D eigenvalue weighted by molar-refractivity contribution is 5.95. The minimum Gasteiger partial charge on any atom is -0.543 e. The van der Waals surface area contributed by atoms with Gasteiger partial charge in [-0.25, -0.2) is 0 Å². The first-order valence-electron chi connectivity index (χ1n) is 5.90. The second kappa shape index (κ2) is 7.09. The molecule has 0 bridgehead atoms. The molecule has 0 saturated carbocycles. The Bertz CT molecular complexity index is 605. The van der Waals surface area contributed by atoms with E-state index in [4.69, 9.17) is 9.47 Å². The number of methoxy groups -OCH3 is 1. The van der Waals surface area contributed by atoms with Crippen LogP contribution in [0, 0.1) is 0 Å². The number of esters is 1. The molecule has 7 heteroatoms. The van der Waals surface area contributed by atoms with Crippen molar-refractivity contribution in [1.29, 1.82) is 0 Å². The van der Waals surface area contributed by atoms with Crippen molar-refractivity contribution < 1.29 is 29.0 Å². The average molecular weight is 292 g/mol. The van der Waals surface area contributed by atoms with Gasteiger partial charge in [0.25, 0.3) is 0 Å². The number of rotatable bonds is 5. The van der Waals surface area contributed by atoms with E-state index in [1.54, 1.807) is 0 Å². The van der Waals surface area contributed by atoms with Gasteiger partial charge in [0.05, 0.1) is 18.8 Å². The quantitative estimate of drug-likeness (QED) is 0.459. The van der Waals surface area contributed by atoms with Crippen LogP contribution in [0.25, 0.3) is 6.08 Å². The molecule has 0 fully saturated rings. The van der Waals surface area contributed by atoms with Crippen molar-refractivity contribution >= 4 is 23.9 Å². The van der Waals surface area contributed by atoms with Crippen LogP contribution in [0.5, 0.6) is 11.5 Å². The molecule has 21 heavy (non-hydrogen) atoms. The van der Waals surface area contributed by atoms with E-state index in [0.29, 0.717) is 5.56 Å². The number of hydrogen-bond acceptors (Lipinski definition) is 6. The summed E-state index contributed by atoms with van der Waals surface area (Å²) in [6, 6.07) is 4.42. The Labute approximate surface area is 121 Å². The number of carbonyl (C=O) groups excluding carboxylic acids is 3. The normalized spacial score (nSPS) is 10.7. The van der Waals surface area contributed by atoms with Crippen molar-refractivity contribution in [3.05, 3.63) is 29.5 Å². The lowest BCUT2D eigenvalue weighted by atomic mass is 10.1. The molecule has 0 unspecified atom stereocenters. The van der Waals surface area contributed by atoms with Gasteiger partial charge in [0, 0.05) is 13.8 Å². The Morgan fingerprint density at radius 2 is 1.86 bits per heavy atom. The van der Waals surface area contributed by atoms with E-state index in [0.717, 1.165) is 0 Å². The van der Waals surface area contributed by atoms with E-state index in [-0.39, 0.29) is 17.2 Å². The number of carboxylic acid groups (broad SMARTS) is 1. The summed E-state index contributed by atoms with van der Waals surface area (Å²) in [5.74, 6) is -2.11. The zero-order valence-electron chi connectivity index (χ0n) is 11.8. The van der Waals surface area contributed by atoms with Crippen molar-refractivity contribution in [2.24, 2.45) is 0 Å². The topological polar surface area (TPSA) is 105 Å². The fraction of sp³-hybridized carbons (Fsp3) is 0.214. The number of ether oxygens (including phenoxy) is 2. The average Bonchev–Trinajstić information content (AvgIpc) is 2.38. The van der Waals surface area contributed by atoms with Crippen LogP contribution in [-0.2, 0) is 14.4 Å². The van der Waals surface area contributed by atoms with Gasteiger partial charge in [0.1, 0.15) is 0 Å². The Kier molecular flexibility index (Phi) is 5.48. The molecule has 7 nitrogen and oxygen atoms in total. The number of amides is 1. The standard InChI is InChI=1S/C14H15NO6/c1-8(16)15-11(14(18)19)6-10-4-5-12(21-9(2)17)13(7-10)20-3/h4-7H,1-3H3,(H,15,16)(H,18,19)/p-1. The van der Waals surface area contributed by atoms with E-state index in [1.807, 2.05) is 0 Å². The Hall–Kier alpha value is -2.83. The smallest absolute Gasteiger partial charge is 0.308 e. The summed E-state index contributed by atoms with van der Waals surface area (Å²) in [7, 11) is 1.38. The van der Waals surface area contributed by atoms with E-state index in [9.17, 15) is 19.5 Å². The first-order valence-corrected chi connectivity index (χ1v) is 5.90. The summed E-state index contributed by atoms with van der Waals surface area (Å²) >= 11 is 0. The van der Waals surface area contributed by atoms with E-state index < -0.39 is 17.8 Å².